The topological polar surface area (TPSA) is 32.7 Å². The van der Waals surface area contributed by atoms with Crippen molar-refractivity contribution in [1.29, 1.82) is 0 Å². The Morgan fingerprint density at radius 2 is 2.17 bits per heavy atom. The third-order valence-electron chi connectivity index (χ3n) is 3.48. The van der Waals surface area contributed by atoms with E-state index < -0.39 is 6.10 Å². The minimum atomic E-state index is -0.426. The van der Waals surface area contributed by atoms with Crippen LogP contribution in [0, 0.1) is 0 Å². The summed E-state index contributed by atoms with van der Waals surface area (Å²) in [5, 5.41) is 10.3. The highest BCUT2D eigenvalue weighted by atomic mass is 79.9. The number of halogens is 1. The Morgan fingerprint density at radius 3 is 2.83 bits per heavy atom. The number of nitrogens with zero attached hydrogens (tertiary/aromatic N) is 1. The molecule has 0 radical (unpaired) electrons. The van der Waals surface area contributed by atoms with Crippen molar-refractivity contribution in [3.8, 4) is 0 Å². The lowest BCUT2D eigenvalue weighted by Gasteiger charge is -2.36. The van der Waals surface area contributed by atoms with Gasteiger partial charge in [-0.15, -0.1) is 0 Å². The van der Waals surface area contributed by atoms with Crippen molar-refractivity contribution in [3.05, 3.63) is 34.3 Å². The Hall–Kier alpha value is -0.420. The highest BCUT2D eigenvalue weighted by Gasteiger charge is 2.23. The number of hydrogen-bond donors (Lipinski definition) is 1. The second-order valence-electron chi connectivity index (χ2n) is 4.70. The molecule has 0 amide bonds. The minimum Gasteiger partial charge on any atom is -0.387 e. The van der Waals surface area contributed by atoms with E-state index in [1.165, 1.54) is 0 Å². The van der Waals surface area contributed by atoms with Crippen LogP contribution in [0.5, 0.6) is 0 Å². The van der Waals surface area contributed by atoms with Crippen LogP contribution in [0.3, 0.4) is 0 Å². The highest BCUT2D eigenvalue weighted by molar-refractivity contribution is 9.10. The zero-order chi connectivity index (χ0) is 13.0. The largest absolute Gasteiger partial charge is 0.387 e. The van der Waals surface area contributed by atoms with Crippen molar-refractivity contribution in [2.75, 3.05) is 26.3 Å². The van der Waals surface area contributed by atoms with Gasteiger partial charge in [0, 0.05) is 23.6 Å². The van der Waals surface area contributed by atoms with Gasteiger partial charge in [-0.05, 0) is 24.1 Å². The maximum atomic E-state index is 10.3. The van der Waals surface area contributed by atoms with Crippen LogP contribution in [0.1, 0.15) is 25.0 Å². The summed E-state index contributed by atoms with van der Waals surface area (Å²) in [4.78, 5) is 2.33. The van der Waals surface area contributed by atoms with E-state index in [1.807, 2.05) is 24.3 Å². The van der Waals surface area contributed by atoms with Crippen molar-refractivity contribution in [1.82, 2.24) is 4.90 Å². The second-order valence-corrected chi connectivity index (χ2v) is 5.61. The normalized spacial score (nSPS) is 22.9. The van der Waals surface area contributed by atoms with Crippen LogP contribution in [0.25, 0.3) is 0 Å². The summed E-state index contributed by atoms with van der Waals surface area (Å²) in [5.74, 6) is 0. The SMILES string of the molecule is CCC1COCCN1CC(O)c1ccc(Br)cc1. The fourth-order valence-corrected chi connectivity index (χ4v) is 2.58. The molecular formula is C14H20BrNO2. The highest BCUT2D eigenvalue weighted by Crippen LogP contribution is 2.20. The average molecular weight is 314 g/mol. The Bertz CT molecular complexity index is 369. The first-order valence-electron chi connectivity index (χ1n) is 6.46. The van der Waals surface area contributed by atoms with Gasteiger partial charge in [-0.3, -0.25) is 4.90 Å². The molecule has 0 spiro atoms. The molecule has 3 nitrogen and oxygen atoms in total. The predicted molar refractivity (Wildman–Crippen MR) is 75.6 cm³/mol. The van der Waals surface area contributed by atoms with Crippen molar-refractivity contribution in [2.24, 2.45) is 0 Å². The van der Waals surface area contributed by atoms with E-state index in [2.05, 4.69) is 27.8 Å². The predicted octanol–water partition coefficient (Wildman–Crippen LogP) is 2.59. The number of benzene rings is 1. The molecule has 18 heavy (non-hydrogen) atoms. The van der Waals surface area contributed by atoms with E-state index >= 15 is 0 Å². The van der Waals surface area contributed by atoms with Crippen LogP contribution in [0.2, 0.25) is 0 Å². The van der Waals surface area contributed by atoms with Crippen LogP contribution >= 0.6 is 15.9 Å². The quantitative estimate of drug-likeness (QED) is 0.927. The summed E-state index contributed by atoms with van der Waals surface area (Å²) in [5.41, 5.74) is 0.972. The molecule has 0 aliphatic carbocycles. The number of morpholine rings is 1. The lowest BCUT2D eigenvalue weighted by atomic mass is 10.1. The Morgan fingerprint density at radius 1 is 1.44 bits per heavy atom. The molecule has 1 aromatic rings. The smallest absolute Gasteiger partial charge is 0.0917 e. The summed E-state index contributed by atoms with van der Waals surface area (Å²) < 4.78 is 6.51. The molecule has 1 N–H and O–H groups in total. The molecule has 1 saturated heterocycles. The zero-order valence-electron chi connectivity index (χ0n) is 10.7. The fraction of sp³-hybridized carbons (Fsp3) is 0.571. The maximum Gasteiger partial charge on any atom is 0.0917 e. The van der Waals surface area contributed by atoms with E-state index in [-0.39, 0.29) is 0 Å². The van der Waals surface area contributed by atoms with Gasteiger partial charge in [0.15, 0.2) is 0 Å². The van der Waals surface area contributed by atoms with Gasteiger partial charge in [0.1, 0.15) is 0 Å². The zero-order valence-corrected chi connectivity index (χ0v) is 12.3. The van der Waals surface area contributed by atoms with Gasteiger partial charge in [-0.25, -0.2) is 0 Å². The number of hydrogen-bond acceptors (Lipinski definition) is 3. The summed E-state index contributed by atoms with van der Waals surface area (Å²) in [6, 6.07) is 8.31. The van der Waals surface area contributed by atoms with Gasteiger partial charge in [0.2, 0.25) is 0 Å². The molecule has 100 valence electrons. The first kappa shape index (κ1) is 14.0. The fourth-order valence-electron chi connectivity index (χ4n) is 2.32. The van der Waals surface area contributed by atoms with Gasteiger partial charge in [0.25, 0.3) is 0 Å². The van der Waals surface area contributed by atoms with Crippen molar-refractivity contribution >= 4 is 15.9 Å². The van der Waals surface area contributed by atoms with Crippen LogP contribution < -0.4 is 0 Å². The molecule has 0 bridgehead atoms. The molecule has 2 rings (SSSR count). The monoisotopic (exact) mass is 313 g/mol. The third-order valence-corrected chi connectivity index (χ3v) is 4.01. The van der Waals surface area contributed by atoms with Gasteiger partial charge >= 0.3 is 0 Å². The number of β-amino-alcohol motifs (C(OH)–C–C–N with tert-alkyl or cyclic N) is 1. The summed E-state index contributed by atoms with van der Waals surface area (Å²) in [7, 11) is 0. The van der Waals surface area contributed by atoms with Gasteiger partial charge < -0.3 is 9.84 Å². The standard InChI is InChI=1S/C14H20BrNO2/c1-2-13-10-18-8-7-16(13)9-14(17)11-3-5-12(15)6-4-11/h3-6,13-14,17H,2,7-10H2,1H3. The van der Waals surface area contributed by atoms with Crippen LogP contribution in [-0.4, -0.2) is 42.4 Å². The van der Waals surface area contributed by atoms with Gasteiger partial charge in [-0.2, -0.15) is 0 Å². The molecule has 1 fully saturated rings. The molecule has 0 aromatic heterocycles. The average Bonchev–Trinajstić information content (AvgIpc) is 2.40. The van der Waals surface area contributed by atoms with Crippen molar-refractivity contribution < 1.29 is 9.84 Å². The van der Waals surface area contributed by atoms with Crippen LogP contribution in [0.4, 0.5) is 0 Å². The van der Waals surface area contributed by atoms with Crippen molar-refractivity contribution in [3.63, 3.8) is 0 Å². The maximum absolute atomic E-state index is 10.3. The second kappa shape index (κ2) is 6.66. The Labute approximate surface area is 117 Å². The summed E-state index contributed by atoms with van der Waals surface area (Å²) in [6.45, 7) is 5.31. The van der Waals surface area contributed by atoms with Crippen molar-refractivity contribution in [2.45, 2.75) is 25.5 Å². The van der Waals surface area contributed by atoms with E-state index in [4.69, 9.17) is 4.74 Å². The molecule has 1 aliphatic rings. The molecule has 1 aliphatic heterocycles. The first-order valence-corrected chi connectivity index (χ1v) is 7.25. The summed E-state index contributed by atoms with van der Waals surface area (Å²) in [6.07, 6.45) is 0.637. The van der Waals surface area contributed by atoms with E-state index in [9.17, 15) is 5.11 Å². The molecule has 4 heteroatoms. The number of rotatable bonds is 4. The van der Waals surface area contributed by atoms with E-state index in [1.54, 1.807) is 0 Å². The number of ether oxygens (including phenoxy) is 1. The molecule has 2 atom stereocenters. The summed E-state index contributed by atoms with van der Waals surface area (Å²) >= 11 is 3.41. The van der Waals surface area contributed by atoms with Crippen LogP contribution in [-0.2, 0) is 4.74 Å². The first-order chi connectivity index (χ1) is 8.70. The van der Waals surface area contributed by atoms with Gasteiger partial charge in [0.05, 0.1) is 19.3 Å². The molecule has 0 saturated carbocycles. The van der Waals surface area contributed by atoms with Crippen LogP contribution in [0.15, 0.2) is 28.7 Å². The Balaban J connectivity index is 1.97. The molecule has 1 aromatic carbocycles. The minimum absolute atomic E-state index is 0.426. The number of aliphatic hydroxyl groups is 1. The van der Waals surface area contributed by atoms with Gasteiger partial charge in [-0.1, -0.05) is 35.0 Å². The Kier molecular flexibility index (Phi) is 5.18. The van der Waals surface area contributed by atoms with E-state index in [0.717, 1.165) is 36.2 Å². The lowest BCUT2D eigenvalue weighted by molar-refractivity contribution is -0.0277. The molecule has 1 heterocycles. The molecular weight excluding hydrogens is 294 g/mol. The molecule has 2 unspecified atom stereocenters. The lowest BCUT2D eigenvalue weighted by Crippen LogP contribution is -2.46. The number of aliphatic hydroxyl groups excluding tert-OH is 1. The third kappa shape index (κ3) is 3.54. The van der Waals surface area contributed by atoms with E-state index in [0.29, 0.717) is 12.6 Å².